The number of aryl methyl sites for hydroxylation is 1. The zero-order valence-electron chi connectivity index (χ0n) is 10.2. The number of rotatable bonds is 3. The highest BCUT2D eigenvalue weighted by molar-refractivity contribution is 6.31. The van der Waals surface area contributed by atoms with Crippen LogP contribution in [0, 0.1) is 13.8 Å². The fourth-order valence-corrected chi connectivity index (χ4v) is 1.58. The molecule has 1 aromatic rings. The van der Waals surface area contributed by atoms with Crippen molar-refractivity contribution < 1.29 is 4.74 Å². The molecule has 0 heterocycles. The van der Waals surface area contributed by atoms with Gasteiger partial charge in [-0.2, -0.15) is 0 Å². The maximum absolute atomic E-state index is 6.11. The molecule has 0 N–H and O–H groups in total. The van der Waals surface area contributed by atoms with Crippen molar-refractivity contribution in [1.29, 1.82) is 0 Å². The second-order valence-corrected chi connectivity index (χ2v) is 4.19. The van der Waals surface area contributed by atoms with Gasteiger partial charge in [-0.15, -0.1) is 0 Å². The van der Waals surface area contributed by atoms with Crippen LogP contribution in [-0.2, 0) is 4.74 Å². The first-order valence-electron chi connectivity index (χ1n) is 5.20. The Morgan fingerprint density at radius 3 is 2.56 bits per heavy atom. The molecule has 0 aromatic heterocycles. The fraction of sp³-hybridized carbons (Fsp3) is 0.286. The molecule has 0 fully saturated rings. The molecule has 0 radical (unpaired) electrons. The van der Waals surface area contributed by atoms with Crippen molar-refractivity contribution in [1.82, 2.24) is 0 Å². The number of ether oxygens (including phenoxy) is 1. The van der Waals surface area contributed by atoms with Crippen LogP contribution in [-0.4, -0.2) is 7.11 Å². The molecule has 0 saturated heterocycles. The summed E-state index contributed by atoms with van der Waals surface area (Å²) in [4.78, 5) is 0. The third-order valence-corrected chi connectivity index (χ3v) is 2.96. The number of halogens is 1. The Hall–Kier alpha value is -1.21. The summed E-state index contributed by atoms with van der Waals surface area (Å²) >= 11 is 6.11. The van der Waals surface area contributed by atoms with Crippen LogP contribution in [0.2, 0.25) is 5.02 Å². The highest BCUT2D eigenvalue weighted by Crippen LogP contribution is 2.21. The first-order valence-corrected chi connectivity index (χ1v) is 5.58. The van der Waals surface area contributed by atoms with Gasteiger partial charge < -0.3 is 4.74 Å². The molecule has 1 nitrogen and oxygen atoms in total. The minimum atomic E-state index is 0.812. The van der Waals surface area contributed by atoms with Gasteiger partial charge in [-0.3, -0.25) is 0 Å². The van der Waals surface area contributed by atoms with E-state index in [0.29, 0.717) is 0 Å². The summed E-state index contributed by atoms with van der Waals surface area (Å²) in [5, 5.41) is 0.812. The normalized spacial score (nSPS) is 12.2. The van der Waals surface area contributed by atoms with Gasteiger partial charge in [0.25, 0.3) is 0 Å². The van der Waals surface area contributed by atoms with Crippen molar-refractivity contribution in [2.75, 3.05) is 7.11 Å². The number of allylic oxidation sites excluding steroid dienone is 3. The van der Waals surface area contributed by atoms with E-state index in [9.17, 15) is 0 Å². The Morgan fingerprint density at radius 2 is 2.00 bits per heavy atom. The molecule has 0 saturated carbocycles. The number of hydrogen-bond donors (Lipinski definition) is 0. The number of benzene rings is 1. The summed E-state index contributed by atoms with van der Waals surface area (Å²) in [5.74, 6) is 0.881. The molecule has 0 aliphatic rings. The zero-order chi connectivity index (χ0) is 12.1. The maximum atomic E-state index is 6.11. The van der Waals surface area contributed by atoms with E-state index < -0.39 is 0 Å². The molecular weight excluding hydrogens is 220 g/mol. The topological polar surface area (TPSA) is 9.23 Å². The van der Waals surface area contributed by atoms with Crippen molar-refractivity contribution in [2.45, 2.75) is 20.8 Å². The third kappa shape index (κ3) is 3.42. The van der Waals surface area contributed by atoms with Crippen molar-refractivity contribution in [3.8, 4) is 0 Å². The summed E-state index contributed by atoms with van der Waals surface area (Å²) in [6.45, 7) is 6.01. The lowest BCUT2D eigenvalue weighted by Crippen LogP contribution is -1.84. The van der Waals surface area contributed by atoms with Crippen molar-refractivity contribution in [3.63, 3.8) is 0 Å². The van der Waals surface area contributed by atoms with E-state index in [1.54, 1.807) is 7.11 Å². The van der Waals surface area contributed by atoms with E-state index in [0.717, 1.165) is 21.9 Å². The van der Waals surface area contributed by atoms with E-state index in [-0.39, 0.29) is 0 Å². The average Bonchev–Trinajstić information content (AvgIpc) is 2.25. The molecule has 0 spiro atoms. The monoisotopic (exact) mass is 236 g/mol. The predicted molar refractivity (Wildman–Crippen MR) is 70.7 cm³/mol. The molecule has 0 aliphatic carbocycles. The van der Waals surface area contributed by atoms with E-state index in [1.165, 1.54) is 5.56 Å². The van der Waals surface area contributed by atoms with E-state index in [1.807, 2.05) is 38.1 Å². The minimum Gasteiger partial charge on any atom is -0.501 e. The highest BCUT2D eigenvalue weighted by atomic mass is 35.5. The van der Waals surface area contributed by atoms with Crippen LogP contribution in [0.3, 0.4) is 0 Å². The Kier molecular flexibility index (Phi) is 4.63. The van der Waals surface area contributed by atoms with Gasteiger partial charge in [0, 0.05) is 5.02 Å². The maximum Gasteiger partial charge on any atom is 0.0924 e. The highest BCUT2D eigenvalue weighted by Gasteiger charge is 1.99. The molecule has 0 bridgehead atoms. The van der Waals surface area contributed by atoms with Gasteiger partial charge >= 0.3 is 0 Å². The first-order chi connectivity index (χ1) is 7.54. The first kappa shape index (κ1) is 12.9. The van der Waals surface area contributed by atoms with Crippen LogP contribution >= 0.6 is 11.6 Å². The Balaban J connectivity index is 2.91. The molecule has 0 unspecified atom stereocenters. The molecule has 0 aliphatic heterocycles. The fourth-order valence-electron chi connectivity index (χ4n) is 1.30. The van der Waals surface area contributed by atoms with Crippen molar-refractivity contribution >= 4 is 17.7 Å². The van der Waals surface area contributed by atoms with Gasteiger partial charge in [0.15, 0.2) is 0 Å². The molecule has 16 heavy (non-hydrogen) atoms. The number of methoxy groups -OCH3 is 1. The van der Waals surface area contributed by atoms with Crippen LogP contribution in [0.1, 0.15) is 23.6 Å². The van der Waals surface area contributed by atoms with Gasteiger partial charge in [0.2, 0.25) is 0 Å². The van der Waals surface area contributed by atoms with E-state index in [2.05, 4.69) is 13.0 Å². The van der Waals surface area contributed by atoms with Crippen molar-refractivity contribution in [2.24, 2.45) is 0 Å². The lowest BCUT2D eigenvalue weighted by atomic mass is 10.1. The molecule has 1 rings (SSSR count). The predicted octanol–water partition coefficient (Wildman–Crippen LogP) is 4.52. The van der Waals surface area contributed by atoms with E-state index >= 15 is 0 Å². The van der Waals surface area contributed by atoms with Crippen LogP contribution < -0.4 is 0 Å². The van der Waals surface area contributed by atoms with Crippen LogP contribution in [0.25, 0.3) is 6.08 Å². The summed E-state index contributed by atoms with van der Waals surface area (Å²) in [7, 11) is 1.66. The molecule has 0 atom stereocenters. The van der Waals surface area contributed by atoms with Gasteiger partial charge in [-0.25, -0.2) is 0 Å². The summed E-state index contributed by atoms with van der Waals surface area (Å²) < 4.78 is 5.04. The molecular formula is C14H17ClO. The molecule has 1 aromatic carbocycles. The lowest BCUT2D eigenvalue weighted by Gasteiger charge is -2.04. The Morgan fingerprint density at radius 1 is 1.31 bits per heavy atom. The minimum absolute atomic E-state index is 0.812. The third-order valence-electron chi connectivity index (χ3n) is 2.57. The van der Waals surface area contributed by atoms with Crippen LogP contribution in [0.5, 0.6) is 0 Å². The second-order valence-electron chi connectivity index (χ2n) is 3.79. The van der Waals surface area contributed by atoms with Crippen LogP contribution in [0.15, 0.2) is 30.0 Å². The quantitative estimate of drug-likeness (QED) is 0.554. The van der Waals surface area contributed by atoms with Gasteiger partial charge in [-0.05, 0) is 49.6 Å². The summed E-state index contributed by atoms with van der Waals surface area (Å²) in [6.07, 6.45) is 5.89. The van der Waals surface area contributed by atoms with Crippen LogP contribution in [0.4, 0.5) is 0 Å². The summed E-state index contributed by atoms with van der Waals surface area (Å²) in [5.41, 5.74) is 3.45. The lowest BCUT2D eigenvalue weighted by molar-refractivity contribution is 0.294. The largest absolute Gasteiger partial charge is 0.501 e. The molecule has 0 amide bonds. The Bertz CT molecular complexity index is 407. The van der Waals surface area contributed by atoms with Crippen molar-refractivity contribution in [3.05, 3.63) is 51.8 Å². The van der Waals surface area contributed by atoms with Gasteiger partial charge in [0.1, 0.15) is 0 Å². The van der Waals surface area contributed by atoms with Gasteiger partial charge in [-0.1, -0.05) is 29.8 Å². The zero-order valence-corrected chi connectivity index (χ0v) is 10.9. The SMILES string of the molecule is CO/C(C)=C\C=C\c1cc(C)c(C)c(Cl)c1. The molecule has 2 heteroatoms. The average molecular weight is 237 g/mol. The standard InChI is InChI=1S/C14H17ClO/c1-10-8-13(9-14(15)12(10)3)7-5-6-11(2)16-4/h5-9H,1-4H3/b7-5+,11-6-. The molecule has 86 valence electrons. The second kappa shape index (κ2) is 5.76. The van der Waals surface area contributed by atoms with Gasteiger partial charge in [0.05, 0.1) is 12.9 Å². The number of hydrogen-bond acceptors (Lipinski definition) is 1. The smallest absolute Gasteiger partial charge is 0.0924 e. The Labute approximate surface area is 102 Å². The summed E-state index contributed by atoms with van der Waals surface area (Å²) in [6, 6.07) is 4.09. The van der Waals surface area contributed by atoms with E-state index in [4.69, 9.17) is 16.3 Å².